The maximum Gasteiger partial charge on any atom is 0.145 e. The lowest BCUT2D eigenvalue weighted by Crippen LogP contribution is -1.73. The Kier molecular flexibility index (Phi) is 1.43. The van der Waals surface area contributed by atoms with Crippen LogP contribution >= 0.6 is 11.3 Å². The average Bonchev–Trinajstić information content (AvgIpc) is 2.55. The highest BCUT2D eigenvalue weighted by molar-refractivity contribution is 7.14. The maximum absolute atomic E-state index is 4.15. The number of hydrogen-bond acceptors (Lipinski definition) is 4. The first-order valence-corrected chi connectivity index (χ1v) is 3.96. The summed E-state index contributed by atoms with van der Waals surface area (Å²) in [5.41, 5.74) is 0.808. The van der Waals surface area contributed by atoms with Gasteiger partial charge in [-0.15, -0.1) is 11.3 Å². The zero-order chi connectivity index (χ0) is 7.68. The van der Waals surface area contributed by atoms with Crippen molar-refractivity contribution in [1.82, 2.24) is 20.4 Å². The van der Waals surface area contributed by atoms with E-state index in [0.717, 1.165) is 10.7 Å². The number of rotatable bonds is 1. The van der Waals surface area contributed by atoms with Gasteiger partial charge in [0.25, 0.3) is 0 Å². The van der Waals surface area contributed by atoms with Gasteiger partial charge in [0.15, 0.2) is 0 Å². The lowest BCUT2D eigenvalue weighted by atomic mass is 10.5. The predicted octanol–water partition coefficient (Wildman–Crippen LogP) is 1.24. The Balaban J connectivity index is 2.45. The van der Waals surface area contributed by atoms with Gasteiger partial charge in [0.1, 0.15) is 10.7 Å². The van der Waals surface area contributed by atoms with Gasteiger partial charge in [-0.25, -0.2) is 4.98 Å². The third-order valence-corrected chi connectivity index (χ3v) is 2.19. The summed E-state index contributed by atoms with van der Waals surface area (Å²) in [7, 11) is 0. The van der Waals surface area contributed by atoms with Gasteiger partial charge >= 0.3 is 0 Å². The van der Waals surface area contributed by atoms with E-state index >= 15 is 0 Å². The number of aryl methyl sites for hydroxylation is 1. The summed E-state index contributed by atoms with van der Waals surface area (Å²) in [6.45, 7) is 2.02. The highest BCUT2D eigenvalue weighted by Crippen LogP contribution is 2.20. The van der Waals surface area contributed by atoms with Crippen molar-refractivity contribution in [3.8, 4) is 10.7 Å². The molecule has 0 aliphatic carbocycles. The second-order valence-corrected chi connectivity index (χ2v) is 3.37. The highest BCUT2D eigenvalue weighted by Gasteiger charge is 2.03. The number of aromatic amines is 1. The van der Waals surface area contributed by atoms with Crippen LogP contribution in [0.4, 0.5) is 0 Å². The van der Waals surface area contributed by atoms with Crippen LogP contribution in [0.5, 0.6) is 0 Å². The van der Waals surface area contributed by atoms with Crippen LogP contribution in [-0.2, 0) is 0 Å². The second-order valence-electron chi connectivity index (χ2n) is 2.13. The molecule has 56 valence electrons. The van der Waals surface area contributed by atoms with Gasteiger partial charge in [-0.2, -0.15) is 15.4 Å². The zero-order valence-corrected chi connectivity index (χ0v) is 6.72. The fourth-order valence-electron chi connectivity index (χ4n) is 0.778. The van der Waals surface area contributed by atoms with Crippen LogP contribution < -0.4 is 0 Å². The van der Waals surface area contributed by atoms with E-state index in [0.29, 0.717) is 0 Å². The van der Waals surface area contributed by atoms with Crippen molar-refractivity contribution in [2.75, 3.05) is 0 Å². The quantitative estimate of drug-likeness (QED) is 0.693. The van der Waals surface area contributed by atoms with E-state index in [1.807, 2.05) is 13.1 Å². The molecule has 1 N–H and O–H groups in total. The van der Waals surface area contributed by atoms with E-state index in [1.54, 1.807) is 17.5 Å². The molecule has 4 nitrogen and oxygen atoms in total. The molecule has 2 rings (SSSR count). The smallest absolute Gasteiger partial charge is 0.145 e. The van der Waals surface area contributed by atoms with Crippen LogP contribution in [0.15, 0.2) is 12.4 Å². The molecule has 0 aliphatic heterocycles. The van der Waals surface area contributed by atoms with Crippen molar-refractivity contribution in [3.05, 3.63) is 17.3 Å². The SMILES string of the molecule is Cc1cnc(-c2cn[nH]n2)s1. The molecule has 0 aromatic carbocycles. The molecule has 0 unspecified atom stereocenters. The van der Waals surface area contributed by atoms with Crippen molar-refractivity contribution in [3.63, 3.8) is 0 Å². The summed E-state index contributed by atoms with van der Waals surface area (Å²) in [5.74, 6) is 0. The molecule has 0 spiro atoms. The lowest BCUT2D eigenvalue weighted by molar-refractivity contribution is 0.941. The average molecular weight is 166 g/mol. The third-order valence-electron chi connectivity index (χ3n) is 1.26. The Hall–Kier alpha value is -1.23. The number of hydrogen-bond donors (Lipinski definition) is 1. The molecule has 0 bridgehead atoms. The van der Waals surface area contributed by atoms with Gasteiger partial charge in [0.2, 0.25) is 0 Å². The molecule has 0 amide bonds. The van der Waals surface area contributed by atoms with Crippen LogP contribution in [0.25, 0.3) is 10.7 Å². The molecule has 0 saturated carbocycles. The Morgan fingerprint density at radius 1 is 1.45 bits per heavy atom. The van der Waals surface area contributed by atoms with Crippen molar-refractivity contribution in [1.29, 1.82) is 0 Å². The van der Waals surface area contributed by atoms with Gasteiger partial charge in [-0.3, -0.25) is 0 Å². The van der Waals surface area contributed by atoms with E-state index in [9.17, 15) is 0 Å². The first kappa shape index (κ1) is 6.48. The second kappa shape index (κ2) is 2.43. The van der Waals surface area contributed by atoms with Crippen LogP contribution in [0, 0.1) is 6.92 Å². The Morgan fingerprint density at radius 3 is 2.91 bits per heavy atom. The van der Waals surface area contributed by atoms with E-state index in [2.05, 4.69) is 20.4 Å². The molecule has 5 heteroatoms. The molecule has 0 atom stereocenters. The monoisotopic (exact) mass is 166 g/mol. The normalized spacial score (nSPS) is 10.3. The predicted molar refractivity (Wildman–Crippen MR) is 42.2 cm³/mol. The first-order chi connectivity index (χ1) is 5.36. The van der Waals surface area contributed by atoms with Crippen LogP contribution in [-0.4, -0.2) is 20.4 Å². The van der Waals surface area contributed by atoms with Crippen molar-refractivity contribution < 1.29 is 0 Å². The number of aromatic nitrogens is 4. The molecule has 0 aliphatic rings. The molecule has 0 radical (unpaired) electrons. The van der Waals surface area contributed by atoms with Gasteiger partial charge in [-0.1, -0.05) is 0 Å². The van der Waals surface area contributed by atoms with Crippen molar-refractivity contribution in [2.24, 2.45) is 0 Å². The van der Waals surface area contributed by atoms with E-state index in [4.69, 9.17) is 0 Å². The summed E-state index contributed by atoms with van der Waals surface area (Å²) in [6, 6.07) is 0. The van der Waals surface area contributed by atoms with Gasteiger partial charge < -0.3 is 0 Å². The first-order valence-electron chi connectivity index (χ1n) is 3.15. The summed E-state index contributed by atoms with van der Waals surface area (Å²) in [6.07, 6.45) is 3.49. The molecule has 0 fully saturated rings. The van der Waals surface area contributed by atoms with Crippen LogP contribution in [0.1, 0.15) is 4.88 Å². The van der Waals surface area contributed by atoms with Crippen molar-refractivity contribution in [2.45, 2.75) is 6.92 Å². The van der Waals surface area contributed by atoms with Crippen LogP contribution in [0.3, 0.4) is 0 Å². The molecule has 2 aromatic rings. The molecule has 11 heavy (non-hydrogen) atoms. The fraction of sp³-hybridized carbons (Fsp3) is 0.167. The van der Waals surface area contributed by atoms with Gasteiger partial charge in [0.05, 0.1) is 6.20 Å². The fourth-order valence-corrected chi connectivity index (χ4v) is 1.50. The van der Waals surface area contributed by atoms with Crippen LogP contribution in [0.2, 0.25) is 0 Å². The van der Waals surface area contributed by atoms with Crippen molar-refractivity contribution >= 4 is 11.3 Å². The molecule has 2 aromatic heterocycles. The molecule has 2 heterocycles. The van der Waals surface area contributed by atoms with E-state index in [-0.39, 0.29) is 0 Å². The van der Waals surface area contributed by atoms with E-state index in [1.165, 1.54) is 4.88 Å². The van der Waals surface area contributed by atoms with Gasteiger partial charge in [0, 0.05) is 11.1 Å². The number of thiazole rings is 1. The highest BCUT2D eigenvalue weighted by atomic mass is 32.1. The summed E-state index contributed by atoms with van der Waals surface area (Å²) >= 11 is 1.61. The molecular formula is C6H6N4S. The third kappa shape index (κ3) is 1.14. The number of nitrogens with one attached hydrogen (secondary N) is 1. The number of H-pyrrole nitrogens is 1. The largest absolute Gasteiger partial charge is 0.242 e. The minimum atomic E-state index is 0.808. The summed E-state index contributed by atoms with van der Waals surface area (Å²) in [5, 5.41) is 11.1. The summed E-state index contributed by atoms with van der Waals surface area (Å²) in [4.78, 5) is 5.34. The minimum absolute atomic E-state index is 0.808. The van der Waals surface area contributed by atoms with E-state index < -0.39 is 0 Å². The zero-order valence-electron chi connectivity index (χ0n) is 5.90. The molecule has 0 saturated heterocycles. The Morgan fingerprint density at radius 2 is 2.36 bits per heavy atom. The molecular weight excluding hydrogens is 160 g/mol. The Labute approximate surface area is 67.3 Å². The maximum atomic E-state index is 4.15. The standard InChI is InChI=1S/C6H6N4S/c1-4-2-7-6(11-4)5-3-8-10-9-5/h2-3H,1H3,(H,8,9,10). The lowest BCUT2D eigenvalue weighted by Gasteiger charge is -1.81. The minimum Gasteiger partial charge on any atom is -0.242 e. The topological polar surface area (TPSA) is 54.5 Å². The number of nitrogens with zero attached hydrogens (tertiary/aromatic N) is 3. The van der Waals surface area contributed by atoms with Gasteiger partial charge in [-0.05, 0) is 6.92 Å². The summed E-state index contributed by atoms with van der Waals surface area (Å²) < 4.78 is 0. The Bertz CT molecular complexity index is 337.